The fourth-order valence-corrected chi connectivity index (χ4v) is 5.01. The molecule has 29 heavy (non-hydrogen) atoms. The molecule has 1 saturated carbocycles. The van der Waals surface area contributed by atoms with Crippen LogP contribution < -0.4 is 5.32 Å². The van der Waals surface area contributed by atoms with Crippen molar-refractivity contribution in [3.8, 4) is 0 Å². The van der Waals surface area contributed by atoms with Gasteiger partial charge in [0.15, 0.2) is 6.61 Å². The first-order valence-corrected chi connectivity index (χ1v) is 11.3. The molecule has 1 N–H and O–H groups in total. The van der Waals surface area contributed by atoms with Crippen LogP contribution in [0.5, 0.6) is 0 Å². The summed E-state index contributed by atoms with van der Waals surface area (Å²) < 4.78 is 4.99. The van der Waals surface area contributed by atoms with Crippen molar-refractivity contribution < 1.29 is 23.9 Å². The molecule has 1 aromatic rings. The quantitative estimate of drug-likeness (QED) is 0.347. The van der Waals surface area contributed by atoms with Crippen LogP contribution in [-0.2, 0) is 30.3 Å². The molecule has 1 saturated heterocycles. The van der Waals surface area contributed by atoms with Gasteiger partial charge in [-0.3, -0.25) is 24.1 Å². The third kappa shape index (κ3) is 4.88. The number of hydrogen-bond donors (Lipinski definition) is 1. The predicted molar refractivity (Wildman–Crippen MR) is 114 cm³/mol. The number of anilines is 1. The maximum atomic E-state index is 12.6. The Bertz CT molecular complexity index is 803. The van der Waals surface area contributed by atoms with E-state index >= 15 is 0 Å². The molecule has 0 unspecified atom stereocenters. The largest absolute Gasteiger partial charge is 0.454 e. The smallest absolute Gasteiger partial charge is 0.326 e. The predicted octanol–water partition coefficient (Wildman–Crippen LogP) is 2.65. The number of para-hydroxylation sites is 1. The number of halogens is 2. The van der Waals surface area contributed by atoms with E-state index in [1.165, 1.54) is 0 Å². The molecule has 156 valence electrons. The van der Waals surface area contributed by atoms with Crippen molar-refractivity contribution >= 4 is 61.2 Å². The monoisotopic (exact) mass is 528 g/mol. The highest BCUT2D eigenvalue weighted by Gasteiger charge is 2.52. The number of esters is 1. The van der Waals surface area contributed by atoms with Gasteiger partial charge in [0.1, 0.15) is 6.54 Å². The fourth-order valence-electron chi connectivity index (χ4n) is 3.78. The van der Waals surface area contributed by atoms with Gasteiger partial charge in [0, 0.05) is 15.3 Å². The normalized spacial score (nSPS) is 26.2. The lowest BCUT2D eigenvalue weighted by Gasteiger charge is -2.29. The minimum atomic E-state index is -0.782. The Morgan fingerprint density at radius 2 is 1.69 bits per heavy atom. The summed E-state index contributed by atoms with van der Waals surface area (Å²) in [7, 11) is 0. The number of amides is 3. The average molecular weight is 530 g/mol. The van der Waals surface area contributed by atoms with Crippen molar-refractivity contribution in [2.75, 3.05) is 18.5 Å². The van der Waals surface area contributed by atoms with E-state index in [0.29, 0.717) is 18.5 Å². The van der Waals surface area contributed by atoms with Gasteiger partial charge in [-0.05, 0) is 30.9 Å². The number of carbonyl (C=O) groups excluding carboxylic acids is 4. The molecular formula is C20H22Br2N2O5. The summed E-state index contributed by atoms with van der Waals surface area (Å²) in [5.74, 6) is -2.78. The molecule has 9 heteroatoms. The maximum absolute atomic E-state index is 12.6. The van der Waals surface area contributed by atoms with Gasteiger partial charge in [-0.15, -0.1) is 0 Å². The number of alkyl halides is 2. The van der Waals surface area contributed by atoms with Gasteiger partial charge in [0.2, 0.25) is 11.8 Å². The maximum Gasteiger partial charge on any atom is 0.326 e. The summed E-state index contributed by atoms with van der Waals surface area (Å²) in [6.07, 6.45) is 1.83. The summed E-state index contributed by atoms with van der Waals surface area (Å²) >= 11 is 7.04. The van der Waals surface area contributed by atoms with Crippen LogP contribution >= 0.6 is 31.9 Å². The molecule has 1 heterocycles. The van der Waals surface area contributed by atoms with E-state index in [0.717, 1.165) is 16.9 Å². The van der Waals surface area contributed by atoms with E-state index in [1.807, 2.05) is 19.1 Å². The number of aryl methyl sites for hydroxylation is 1. The molecule has 1 aliphatic carbocycles. The number of nitrogens with zero attached hydrogens (tertiary/aromatic N) is 1. The highest BCUT2D eigenvalue weighted by molar-refractivity contribution is 9.12. The summed E-state index contributed by atoms with van der Waals surface area (Å²) in [6.45, 7) is 1.03. The number of fused-ring (bicyclic) bond motifs is 1. The molecule has 3 rings (SSSR count). The Kier molecular flexibility index (Phi) is 7.10. The van der Waals surface area contributed by atoms with Crippen LogP contribution in [0.2, 0.25) is 0 Å². The van der Waals surface area contributed by atoms with Gasteiger partial charge in [0.05, 0.1) is 11.8 Å². The molecule has 7 nitrogen and oxygen atoms in total. The molecule has 2 fully saturated rings. The third-order valence-corrected chi connectivity index (χ3v) is 8.06. The standard InChI is InChI=1S/C20H22Br2N2O5/c1-2-11-5-3-4-6-16(11)23-17(25)10-29-18(26)9-24-19(27)12-7-14(21)15(22)8-13(12)20(24)28/h3-6,12-15H,2,7-10H2,1H3,(H,23,25)/t12-,13+,14-,15-/m0/s1. The molecule has 3 amide bonds. The van der Waals surface area contributed by atoms with Crippen LogP contribution in [0.1, 0.15) is 25.3 Å². The van der Waals surface area contributed by atoms with Crippen molar-refractivity contribution in [1.82, 2.24) is 4.90 Å². The zero-order chi connectivity index (χ0) is 21.1. The SMILES string of the molecule is CCc1ccccc1NC(=O)COC(=O)CN1C(=O)[C@H]2C[C@H](Br)[C@@H](Br)C[C@H]2C1=O. The minimum absolute atomic E-state index is 0.0992. The second kappa shape index (κ2) is 9.38. The first-order valence-electron chi connectivity index (χ1n) is 9.48. The van der Waals surface area contributed by atoms with Crippen LogP contribution in [0.3, 0.4) is 0 Å². The second-order valence-corrected chi connectivity index (χ2v) is 9.55. The number of carbonyl (C=O) groups is 4. The average Bonchev–Trinajstić information content (AvgIpc) is 2.91. The van der Waals surface area contributed by atoms with Gasteiger partial charge in [0.25, 0.3) is 5.91 Å². The Morgan fingerprint density at radius 3 is 2.28 bits per heavy atom. The van der Waals surface area contributed by atoms with Crippen molar-refractivity contribution in [2.45, 2.75) is 35.8 Å². The van der Waals surface area contributed by atoms with Gasteiger partial charge in [-0.1, -0.05) is 57.0 Å². The van der Waals surface area contributed by atoms with E-state index < -0.39 is 36.9 Å². The van der Waals surface area contributed by atoms with E-state index in [2.05, 4.69) is 37.2 Å². The number of nitrogens with one attached hydrogen (secondary N) is 1. The number of hydrogen-bond acceptors (Lipinski definition) is 5. The van der Waals surface area contributed by atoms with Crippen molar-refractivity contribution in [1.29, 1.82) is 0 Å². The molecule has 0 radical (unpaired) electrons. The topological polar surface area (TPSA) is 92.8 Å². The number of ether oxygens (including phenoxy) is 1. The van der Waals surface area contributed by atoms with Crippen LogP contribution in [0.15, 0.2) is 24.3 Å². The number of rotatable bonds is 6. The fraction of sp³-hybridized carbons (Fsp3) is 0.500. The first kappa shape index (κ1) is 22.0. The van der Waals surface area contributed by atoms with Gasteiger partial charge < -0.3 is 10.1 Å². The molecule has 1 aromatic carbocycles. The number of benzene rings is 1. The Hall–Kier alpha value is -1.74. The van der Waals surface area contributed by atoms with Crippen molar-refractivity contribution in [3.63, 3.8) is 0 Å². The lowest BCUT2D eigenvalue weighted by atomic mass is 9.81. The van der Waals surface area contributed by atoms with Crippen LogP contribution in [-0.4, -0.2) is 51.4 Å². The minimum Gasteiger partial charge on any atom is -0.454 e. The Morgan fingerprint density at radius 1 is 1.10 bits per heavy atom. The first-order chi connectivity index (χ1) is 13.8. The Balaban J connectivity index is 1.52. The van der Waals surface area contributed by atoms with Crippen LogP contribution in [0, 0.1) is 11.8 Å². The highest BCUT2D eigenvalue weighted by Crippen LogP contribution is 2.43. The summed E-state index contributed by atoms with van der Waals surface area (Å²) in [6, 6.07) is 7.36. The zero-order valence-electron chi connectivity index (χ0n) is 15.9. The van der Waals surface area contributed by atoms with Gasteiger partial charge >= 0.3 is 5.97 Å². The van der Waals surface area contributed by atoms with E-state index in [4.69, 9.17) is 4.74 Å². The van der Waals surface area contributed by atoms with Crippen molar-refractivity contribution in [3.05, 3.63) is 29.8 Å². The molecule has 1 aliphatic heterocycles. The van der Waals surface area contributed by atoms with E-state index in [-0.39, 0.29) is 21.5 Å². The Labute approximate surface area is 185 Å². The molecule has 2 aliphatic rings. The summed E-state index contributed by atoms with van der Waals surface area (Å²) in [4.78, 5) is 50.5. The molecule has 4 atom stereocenters. The lowest BCUT2D eigenvalue weighted by Crippen LogP contribution is -2.37. The van der Waals surface area contributed by atoms with Gasteiger partial charge in [-0.25, -0.2) is 0 Å². The van der Waals surface area contributed by atoms with Crippen LogP contribution in [0.4, 0.5) is 5.69 Å². The second-order valence-electron chi connectivity index (χ2n) is 7.20. The molecule has 0 bridgehead atoms. The lowest BCUT2D eigenvalue weighted by molar-refractivity contribution is -0.154. The molecule has 0 spiro atoms. The molecule has 0 aromatic heterocycles. The summed E-state index contributed by atoms with van der Waals surface area (Å²) in [5, 5.41) is 2.70. The van der Waals surface area contributed by atoms with Gasteiger partial charge in [-0.2, -0.15) is 0 Å². The third-order valence-electron chi connectivity index (χ3n) is 5.33. The van der Waals surface area contributed by atoms with Crippen molar-refractivity contribution in [2.24, 2.45) is 11.8 Å². The zero-order valence-corrected chi connectivity index (χ0v) is 19.1. The highest BCUT2D eigenvalue weighted by atomic mass is 79.9. The number of likely N-dealkylation sites (tertiary alicyclic amines) is 1. The van der Waals surface area contributed by atoms with E-state index in [1.54, 1.807) is 12.1 Å². The van der Waals surface area contributed by atoms with Crippen LogP contribution in [0.25, 0.3) is 0 Å². The molecular weight excluding hydrogens is 508 g/mol. The summed E-state index contributed by atoms with van der Waals surface area (Å²) in [5.41, 5.74) is 1.64. The number of imide groups is 1. The van der Waals surface area contributed by atoms with E-state index in [9.17, 15) is 19.2 Å².